The SMILES string of the molecule is FCN1CCCCC1=S. The van der Waals surface area contributed by atoms with Crippen LogP contribution in [0.2, 0.25) is 0 Å². The first-order chi connectivity index (χ1) is 4.34. The number of piperidine rings is 1. The second kappa shape index (κ2) is 3.11. The van der Waals surface area contributed by atoms with E-state index >= 15 is 0 Å². The number of rotatable bonds is 1. The van der Waals surface area contributed by atoms with E-state index in [0.29, 0.717) is 0 Å². The lowest BCUT2D eigenvalue weighted by Gasteiger charge is -2.25. The molecule has 0 unspecified atom stereocenters. The van der Waals surface area contributed by atoms with Gasteiger partial charge in [-0.3, -0.25) is 0 Å². The van der Waals surface area contributed by atoms with Gasteiger partial charge in [0.2, 0.25) is 0 Å². The van der Waals surface area contributed by atoms with E-state index in [4.69, 9.17) is 12.2 Å². The third kappa shape index (κ3) is 1.61. The van der Waals surface area contributed by atoms with E-state index in [0.717, 1.165) is 30.8 Å². The first-order valence-electron chi connectivity index (χ1n) is 3.18. The molecule has 1 saturated heterocycles. The third-order valence-corrected chi connectivity index (χ3v) is 2.03. The van der Waals surface area contributed by atoms with Gasteiger partial charge in [-0.1, -0.05) is 12.2 Å². The summed E-state index contributed by atoms with van der Waals surface area (Å²) >= 11 is 4.91. The van der Waals surface area contributed by atoms with Gasteiger partial charge in [-0.2, -0.15) is 0 Å². The topological polar surface area (TPSA) is 3.24 Å². The number of thiocarbonyl (C=S) groups is 1. The zero-order valence-electron chi connectivity index (χ0n) is 5.27. The molecule has 1 nitrogen and oxygen atoms in total. The van der Waals surface area contributed by atoms with Crippen LogP contribution in [-0.4, -0.2) is 23.2 Å². The Morgan fingerprint density at radius 1 is 1.56 bits per heavy atom. The summed E-state index contributed by atoms with van der Waals surface area (Å²) in [5.41, 5.74) is 0. The molecule has 0 bridgehead atoms. The molecule has 0 spiro atoms. The quantitative estimate of drug-likeness (QED) is 0.410. The van der Waals surface area contributed by atoms with E-state index in [2.05, 4.69) is 0 Å². The van der Waals surface area contributed by atoms with E-state index in [1.165, 1.54) is 0 Å². The highest BCUT2D eigenvalue weighted by molar-refractivity contribution is 7.80. The Labute approximate surface area is 59.8 Å². The minimum atomic E-state index is -0.404. The van der Waals surface area contributed by atoms with Crippen LogP contribution in [0.1, 0.15) is 19.3 Å². The van der Waals surface area contributed by atoms with E-state index in [-0.39, 0.29) is 0 Å². The van der Waals surface area contributed by atoms with Crippen molar-refractivity contribution in [1.29, 1.82) is 0 Å². The summed E-state index contributed by atoms with van der Waals surface area (Å²) in [6.45, 7) is 0.411. The summed E-state index contributed by atoms with van der Waals surface area (Å²) < 4.78 is 12.0. The number of hydrogen-bond acceptors (Lipinski definition) is 1. The summed E-state index contributed by atoms with van der Waals surface area (Å²) in [7, 11) is 0. The second-order valence-corrected chi connectivity index (χ2v) is 2.71. The molecule has 9 heavy (non-hydrogen) atoms. The Kier molecular flexibility index (Phi) is 2.39. The Morgan fingerprint density at radius 3 is 2.78 bits per heavy atom. The zero-order chi connectivity index (χ0) is 6.69. The zero-order valence-corrected chi connectivity index (χ0v) is 6.09. The van der Waals surface area contributed by atoms with Crippen LogP contribution in [0.15, 0.2) is 0 Å². The lowest BCUT2D eigenvalue weighted by molar-refractivity contribution is 0.263. The van der Waals surface area contributed by atoms with Gasteiger partial charge in [0.25, 0.3) is 0 Å². The van der Waals surface area contributed by atoms with Crippen molar-refractivity contribution in [1.82, 2.24) is 4.90 Å². The van der Waals surface area contributed by atoms with E-state index in [1.807, 2.05) is 0 Å². The number of nitrogens with zero attached hydrogens (tertiary/aromatic N) is 1. The molecule has 1 heterocycles. The molecule has 1 aliphatic heterocycles. The average Bonchev–Trinajstić information content (AvgIpc) is 1.89. The van der Waals surface area contributed by atoms with Crippen LogP contribution in [0.25, 0.3) is 0 Å². The van der Waals surface area contributed by atoms with Crippen molar-refractivity contribution >= 4 is 17.2 Å². The van der Waals surface area contributed by atoms with E-state index in [9.17, 15) is 4.39 Å². The number of likely N-dealkylation sites (tertiary alicyclic amines) is 1. The standard InChI is InChI=1S/C6H10FNS/c7-5-8-4-2-1-3-6(8)9/h1-5H2. The summed E-state index contributed by atoms with van der Waals surface area (Å²) in [6, 6.07) is 0. The minimum Gasteiger partial charge on any atom is -0.339 e. The van der Waals surface area contributed by atoms with Crippen LogP contribution in [-0.2, 0) is 0 Å². The van der Waals surface area contributed by atoms with Gasteiger partial charge in [0.1, 0.15) is 0 Å². The fourth-order valence-corrected chi connectivity index (χ4v) is 1.27. The predicted molar refractivity (Wildman–Crippen MR) is 39.1 cm³/mol. The van der Waals surface area contributed by atoms with Crippen LogP contribution < -0.4 is 0 Å². The van der Waals surface area contributed by atoms with Crippen molar-refractivity contribution in [3.63, 3.8) is 0 Å². The lowest BCUT2D eigenvalue weighted by Crippen LogP contribution is -2.33. The van der Waals surface area contributed by atoms with Crippen LogP contribution in [0.4, 0.5) is 4.39 Å². The molecule has 0 atom stereocenters. The van der Waals surface area contributed by atoms with Gasteiger partial charge in [-0.05, 0) is 19.3 Å². The molecular weight excluding hydrogens is 137 g/mol. The molecule has 0 aliphatic carbocycles. The molecule has 1 aliphatic rings. The molecule has 0 radical (unpaired) electrons. The lowest BCUT2D eigenvalue weighted by atomic mass is 10.1. The highest BCUT2D eigenvalue weighted by Crippen LogP contribution is 2.11. The highest BCUT2D eigenvalue weighted by atomic mass is 32.1. The normalized spacial score (nSPS) is 20.6. The molecule has 1 rings (SSSR count). The van der Waals surface area contributed by atoms with Crippen LogP contribution >= 0.6 is 12.2 Å². The molecule has 0 aromatic carbocycles. The average molecular weight is 147 g/mol. The molecule has 1 fully saturated rings. The maximum absolute atomic E-state index is 12.0. The molecule has 0 aromatic rings. The third-order valence-electron chi connectivity index (χ3n) is 1.57. The summed E-state index contributed by atoms with van der Waals surface area (Å²) in [6.07, 6.45) is 3.12. The van der Waals surface area contributed by atoms with Crippen molar-refractivity contribution in [2.75, 3.05) is 13.3 Å². The van der Waals surface area contributed by atoms with E-state index < -0.39 is 6.80 Å². The molecule has 0 amide bonds. The second-order valence-electron chi connectivity index (χ2n) is 2.23. The first-order valence-corrected chi connectivity index (χ1v) is 3.59. The maximum atomic E-state index is 12.0. The Balaban J connectivity index is 2.39. The van der Waals surface area contributed by atoms with Gasteiger partial charge < -0.3 is 4.90 Å². The van der Waals surface area contributed by atoms with Gasteiger partial charge >= 0.3 is 0 Å². The Morgan fingerprint density at radius 2 is 2.33 bits per heavy atom. The van der Waals surface area contributed by atoms with Crippen molar-refractivity contribution < 1.29 is 4.39 Å². The van der Waals surface area contributed by atoms with Crippen molar-refractivity contribution in [2.24, 2.45) is 0 Å². The summed E-state index contributed by atoms with van der Waals surface area (Å²) in [5.74, 6) is 0. The molecule has 0 saturated carbocycles. The van der Waals surface area contributed by atoms with E-state index in [1.54, 1.807) is 4.90 Å². The largest absolute Gasteiger partial charge is 0.339 e. The van der Waals surface area contributed by atoms with Crippen LogP contribution in [0, 0.1) is 0 Å². The summed E-state index contributed by atoms with van der Waals surface area (Å²) in [5, 5.41) is 0. The molecule has 52 valence electrons. The number of hydrogen-bond donors (Lipinski definition) is 0. The summed E-state index contributed by atoms with van der Waals surface area (Å²) in [4.78, 5) is 2.42. The molecule has 0 N–H and O–H groups in total. The fourth-order valence-electron chi connectivity index (χ4n) is 0.988. The highest BCUT2D eigenvalue weighted by Gasteiger charge is 2.12. The monoisotopic (exact) mass is 147 g/mol. The predicted octanol–water partition coefficient (Wildman–Crippen LogP) is 1.73. The van der Waals surface area contributed by atoms with Crippen LogP contribution in [0.3, 0.4) is 0 Å². The van der Waals surface area contributed by atoms with Crippen molar-refractivity contribution in [2.45, 2.75) is 19.3 Å². The number of halogens is 1. The molecule has 0 aromatic heterocycles. The van der Waals surface area contributed by atoms with Crippen LogP contribution in [0.5, 0.6) is 0 Å². The van der Waals surface area contributed by atoms with Gasteiger partial charge in [0, 0.05) is 6.54 Å². The first kappa shape index (κ1) is 6.93. The van der Waals surface area contributed by atoms with Gasteiger partial charge in [-0.15, -0.1) is 0 Å². The van der Waals surface area contributed by atoms with Crippen molar-refractivity contribution in [3.8, 4) is 0 Å². The van der Waals surface area contributed by atoms with Gasteiger partial charge in [0.05, 0.1) is 4.99 Å². The maximum Gasteiger partial charge on any atom is 0.162 e. The Hall–Kier alpha value is -0.180. The molecule has 3 heteroatoms. The Bertz CT molecular complexity index is 116. The minimum absolute atomic E-state index is 0.404. The smallest absolute Gasteiger partial charge is 0.162 e. The van der Waals surface area contributed by atoms with Gasteiger partial charge in [-0.25, -0.2) is 4.39 Å². The van der Waals surface area contributed by atoms with Gasteiger partial charge in [0.15, 0.2) is 6.80 Å². The fraction of sp³-hybridized carbons (Fsp3) is 0.833. The molecular formula is C6H10FNS. The number of alkyl halides is 1. The van der Waals surface area contributed by atoms with Crippen molar-refractivity contribution in [3.05, 3.63) is 0 Å².